The molecule has 2 heteroatoms. The largest absolute Gasteiger partial charge is 0.394 e. The quantitative estimate of drug-likeness (QED) is 0.836. The minimum atomic E-state index is -0.128. The molecule has 17 heavy (non-hydrogen) atoms. The standard InChI is InChI=1S/C15H23NO/c1-3-15(2,11-17)16-14-9-8-12-6-4-5-7-13(12)10-14/h4-7,14,16-17H,3,8-11H2,1-2H3. The highest BCUT2D eigenvalue weighted by Gasteiger charge is 2.26. The molecular formula is C15H23NO. The van der Waals surface area contributed by atoms with E-state index in [9.17, 15) is 5.11 Å². The van der Waals surface area contributed by atoms with E-state index in [4.69, 9.17) is 0 Å². The van der Waals surface area contributed by atoms with Gasteiger partial charge in [0.2, 0.25) is 0 Å². The second kappa shape index (κ2) is 5.19. The lowest BCUT2D eigenvalue weighted by molar-refractivity contribution is 0.153. The zero-order chi connectivity index (χ0) is 12.3. The molecule has 2 N–H and O–H groups in total. The Morgan fingerprint density at radius 3 is 2.71 bits per heavy atom. The highest BCUT2D eigenvalue weighted by molar-refractivity contribution is 5.30. The maximum Gasteiger partial charge on any atom is 0.0610 e. The van der Waals surface area contributed by atoms with Crippen molar-refractivity contribution in [3.63, 3.8) is 0 Å². The summed E-state index contributed by atoms with van der Waals surface area (Å²) in [7, 11) is 0. The molecule has 2 unspecified atom stereocenters. The van der Waals surface area contributed by atoms with Crippen LogP contribution in [0.25, 0.3) is 0 Å². The van der Waals surface area contributed by atoms with E-state index in [1.165, 1.54) is 17.5 Å². The number of hydrogen-bond acceptors (Lipinski definition) is 2. The first-order chi connectivity index (χ1) is 8.17. The van der Waals surface area contributed by atoms with Crippen molar-refractivity contribution in [3.8, 4) is 0 Å². The summed E-state index contributed by atoms with van der Waals surface area (Å²) in [6.07, 6.45) is 4.37. The van der Waals surface area contributed by atoms with Gasteiger partial charge in [0.1, 0.15) is 0 Å². The van der Waals surface area contributed by atoms with E-state index >= 15 is 0 Å². The van der Waals surface area contributed by atoms with Gasteiger partial charge in [-0.3, -0.25) is 0 Å². The van der Waals surface area contributed by atoms with E-state index in [1.807, 2.05) is 0 Å². The normalized spacial score (nSPS) is 22.9. The van der Waals surface area contributed by atoms with Crippen LogP contribution in [-0.2, 0) is 12.8 Å². The Bertz CT molecular complexity index is 371. The molecule has 1 aromatic carbocycles. The number of rotatable bonds is 4. The molecule has 0 amide bonds. The number of aryl methyl sites for hydroxylation is 1. The molecule has 2 nitrogen and oxygen atoms in total. The van der Waals surface area contributed by atoms with Crippen LogP contribution in [0, 0.1) is 0 Å². The van der Waals surface area contributed by atoms with Crippen LogP contribution < -0.4 is 5.32 Å². The van der Waals surface area contributed by atoms with Gasteiger partial charge in [0, 0.05) is 11.6 Å². The zero-order valence-corrected chi connectivity index (χ0v) is 10.9. The highest BCUT2D eigenvalue weighted by Crippen LogP contribution is 2.23. The van der Waals surface area contributed by atoms with E-state index < -0.39 is 0 Å². The fraction of sp³-hybridized carbons (Fsp3) is 0.600. The Labute approximate surface area is 104 Å². The minimum absolute atomic E-state index is 0.128. The van der Waals surface area contributed by atoms with Gasteiger partial charge in [0.25, 0.3) is 0 Å². The molecule has 1 aliphatic rings. The first-order valence-corrected chi connectivity index (χ1v) is 6.62. The number of nitrogens with one attached hydrogen (secondary N) is 1. The van der Waals surface area contributed by atoms with E-state index in [2.05, 4.69) is 43.4 Å². The van der Waals surface area contributed by atoms with Crippen molar-refractivity contribution >= 4 is 0 Å². The van der Waals surface area contributed by atoms with Gasteiger partial charge >= 0.3 is 0 Å². The van der Waals surface area contributed by atoms with Gasteiger partial charge in [0.05, 0.1) is 6.61 Å². The Balaban J connectivity index is 2.03. The van der Waals surface area contributed by atoms with Crippen molar-refractivity contribution in [2.75, 3.05) is 6.61 Å². The number of fused-ring (bicyclic) bond motifs is 1. The molecule has 0 aliphatic heterocycles. The molecule has 0 fully saturated rings. The molecule has 0 spiro atoms. The van der Waals surface area contributed by atoms with Gasteiger partial charge in [-0.25, -0.2) is 0 Å². The number of benzene rings is 1. The van der Waals surface area contributed by atoms with Crippen molar-refractivity contribution in [3.05, 3.63) is 35.4 Å². The first kappa shape index (κ1) is 12.6. The van der Waals surface area contributed by atoms with Crippen molar-refractivity contribution in [2.45, 2.75) is 51.1 Å². The zero-order valence-electron chi connectivity index (χ0n) is 10.9. The van der Waals surface area contributed by atoms with Crippen LogP contribution in [0.5, 0.6) is 0 Å². The van der Waals surface area contributed by atoms with Gasteiger partial charge in [-0.2, -0.15) is 0 Å². The minimum Gasteiger partial charge on any atom is -0.394 e. The topological polar surface area (TPSA) is 32.3 Å². The van der Waals surface area contributed by atoms with Crippen LogP contribution in [0.3, 0.4) is 0 Å². The molecule has 0 radical (unpaired) electrons. The molecular weight excluding hydrogens is 210 g/mol. The molecule has 0 aromatic heterocycles. The fourth-order valence-corrected chi connectivity index (χ4v) is 2.57. The van der Waals surface area contributed by atoms with Gasteiger partial charge < -0.3 is 10.4 Å². The summed E-state index contributed by atoms with van der Waals surface area (Å²) in [6, 6.07) is 9.20. The summed E-state index contributed by atoms with van der Waals surface area (Å²) in [6.45, 7) is 4.44. The summed E-state index contributed by atoms with van der Waals surface area (Å²) in [5, 5.41) is 13.1. The van der Waals surface area contributed by atoms with Crippen LogP contribution in [-0.4, -0.2) is 23.3 Å². The van der Waals surface area contributed by atoms with Crippen molar-refractivity contribution in [2.24, 2.45) is 0 Å². The predicted molar refractivity (Wildman–Crippen MR) is 71.2 cm³/mol. The van der Waals surface area contributed by atoms with Crippen molar-refractivity contribution in [1.82, 2.24) is 5.32 Å². The molecule has 0 heterocycles. The number of hydrogen-bond donors (Lipinski definition) is 2. The Kier molecular flexibility index (Phi) is 3.85. The maximum atomic E-state index is 9.45. The summed E-state index contributed by atoms with van der Waals surface area (Å²) in [5.41, 5.74) is 2.83. The fourth-order valence-electron chi connectivity index (χ4n) is 2.57. The van der Waals surface area contributed by atoms with E-state index in [0.717, 1.165) is 19.3 Å². The molecule has 94 valence electrons. The molecule has 2 atom stereocenters. The number of aliphatic hydroxyl groups excluding tert-OH is 1. The van der Waals surface area contributed by atoms with Crippen molar-refractivity contribution in [1.29, 1.82) is 0 Å². The first-order valence-electron chi connectivity index (χ1n) is 6.62. The van der Waals surface area contributed by atoms with Crippen LogP contribution in [0.1, 0.15) is 37.8 Å². The van der Waals surface area contributed by atoms with Gasteiger partial charge in [-0.15, -0.1) is 0 Å². The highest BCUT2D eigenvalue weighted by atomic mass is 16.3. The summed E-state index contributed by atoms with van der Waals surface area (Å²) in [4.78, 5) is 0. The van der Waals surface area contributed by atoms with Crippen LogP contribution >= 0.6 is 0 Å². The third kappa shape index (κ3) is 2.88. The second-order valence-corrected chi connectivity index (χ2v) is 5.43. The Morgan fingerprint density at radius 1 is 1.35 bits per heavy atom. The third-order valence-electron chi connectivity index (χ3n) is 4.03. The Morgan fingerprint density at radius 2 is 2.06 bits per heavy atom. The second-order valence-electron chi connectivity index (χ2n) is 5.43. The van der Waals surface area contributed by atoms with Crippen molar-refractivity contribution < 1.29 is 5.11 Å². The lowest BCUT2D eigenvalue weighted by Crippen LogP contribution is -2.52. The third-order valence-corrected chi connectivity index (χ3v) is 4.03. The maximum absolute atomic E-state index is 9.45. The van der Waals surface area contributed by atoms with E-state index in [0.29, 0.717) is 6.04 Å². The molecule has 2 rings (SSSR count). The van der Waals surface area contributed by atoms with E-state index in [1.54, 1.807) is 0 Å². The van der Waals surface area contributed by atoms with E-state index in [-0.39, 0.29) is 12.1 Å². The predicted octanol–water partition coefficient (Wildman–Crippen LogP) is 2.29. The molecule has 0 bridgehead atoms. The van der Waals surface area contributed by atoms with Crippen LogP contribution in [0.15, 0.2) is 24.3 Å². The van der Waals surface area contributed by atoms with Gasteiger partial charge in [-0.1, -0.05) is 31.2 Å². The van der Waals surface area contributed by atoms with Crippen LogP contribution in [0.4, 0.5) is 0 Å². The number of aliphatic hydroxyl groups is 1. The van der Waals surface area contributed by atoms with Crippen LogP contribution in [0.2, 0.25) is 0 Å². The van der Waals surface area contributed by atoms with Gasteiger partial charge in [-0.05, 0) is 43.7 Å². The van der Waals surface area contributed by atoms with Gasteiger partial charge in [0.15, 0.2) is 0 Å². The monoisotopic (exact) mass is 233 g/mol. The average molecular weight is 233 g/mol. The SMILES string of the molecule is CCC(C)(CO)NC1CCc2ccccc2C1. The summed E-state index contributed by atoms with van der Waals surface area (Å²) >= 11 is 0. The average Bonchev–Trinajstić information content (AvgIpc) is 2.38. The molecule has 1 aromatic rings. The smallest absolute Gasteiger partial charge is 0.0610 e. The molecule has 0 saturated carbocycles. The summed E-state index contributed by atoms with van der Waals surface area (Å²) in [5.74, 6) is 0. The molecule has 1 aliphatic carbocycles. The lowest BCUT2D eigenvalue weighted by atomic mass is 9.86. The Hall–Kier alpha value is -0.860. The summed E-state index contributed by atoms with van der Waals surface area (Å²) < 4.78 is 0. The lowest BCUT2D eigenvalue weighted by Gasteiger charge is -2.35. The molecule has 0 saturated heterocycles.